The summed E-state index contributed by atoms with van der Waals surface area (Å²) in [6.07, 6.45) is 7.17. The highest BCUT2D eigenvalue weighted by Crippen LogP contribution is 2.45. The Morgan fingerprint density at radius 1 is 1.26 bits per heavy atom. The second-order valence-electron chi connectivity index (χ2n) is 7.16. The summed E-state index contributed by atoms with van der Waals surface area (Å²) < 4.78 is 2.81. The molecule has 1 saturated carbocycles. The fourth-order valence-electron chi connectivity index (χ4n) is 4.42. The summed E-state index contributed by atoms with van der Waals surface area (Å²) in [4.78, 5) is 18.1. The lowest BCUT2D eigenvalue weighted by Gasteiger charge is -2.32. The topological polar surface area (TPSA) is 60.9 Å². The van der Waals surface area contributed by atoms with E-state index in [-0.39, 0.29) is 17.0 Å². The van der Waals surface area contributed by atoms with E-state index in [9.17, 15) is 4.79 Å². The van der Waals surface area contributed by atoms with Gasteiger partial charge in [-0.15, -0.1) is 0 Å². The third-order valence-corrected chi connectivity index (χ3v) is 6.10. The van der Waals surface area contributed by atoms with E-state index in [1.54, 1.807) is 0 Å². The van der Waals surface area contributed by atoms with E-state index in [0.717, 1.165) is 47.2 Å². The van der Waals surface area contributed by atoms with Gasteiger partial charge in [-0.25, -0.2) is 4.98 Å². The van der Waals surface area contributed by atoms with Crippen molar-refractivity contribution in [2.75, 3.05) is 0 Å². The molecule has 2 aliphatic rings. The molecular weight excluding hydrogens is 354 g/mol. The van der Waals surface area contributed by atoms with Crippen molar-refractivity contribution in [3.8, 4) is 0 Å². The second-order valence-corrected chi connectivity index (χ2v) is 8.08. The summed E-state index contributed by atoms with van der Waals surface area (Å²) in [5.74, 6) is 1.01. The van der Waals surface area contributed by atoms with Crippen molar-refractivity contribution >= 4 is 26.8 Å². The standard InChI is InChI=1S/C18H22BrN3O/c1-11(20)13-9-12(19)10-14-15(13)21-17-18(5-3-2-4-6-18)7-8-22(17)16(14)23/h9-11H,2-8,20H2,1H3. The van der Waals surface area contributed by atoms with Crippen molar-refractivity contribution in [3.63, 3.8) is 0 Å². The Balaban J connectivity index is 2.03. The van der Waals surface area contributed by atoms with Gasteiger partial charge >= 0.3 is 0 Å². The van der Waals surface area contributed by atoms with Crippen LogP contribution in [0, 0.1) is 0 Å². The molecule has 0 saturated heterocycles. The molecule has 1 atom stereocenters. The van der Waals surface area contributed by atoms with Gasteiger partial charge in [-0.1, -0.05) is 35.2 Å². The van der Waals surface area contributed by atoms with Crippen LogP contribution in [0.5, 0.6) is 0 Å². The third-order valence-electron chi connectivity index (χ3n) is 5.64. The minimum absolute atomic E-state index is 0.0932. The van der Waals surface area contributed by atoms with E-state index < -0.39 is 0 Å². The van der Waals surface area contributed by atoms with E-state index in [0.29, 0.717) is 5.39 Å². The van der Waals surface area contributed by atoms with Gasteiger partial charge in [0, 0.05) is 22.5 Å². The normalized spacial score (nSPS) is 20.8. The van der Waals surface area contributed by atoms with Gasteiger partial charge in [0.15, 0.2) is 0 Å². The molecule has 2 heterocycles. The van der Waals surface area contributed by atoms with Gasteiger partial charge in [-0.05, 0) is 43.9 Å². The van der Waals surface area contributed by atoms with Crippen molar-refractivity contribution in [2.45, 2.75) is 63.5 Å². The van der Waals surface area contributed by atoms with Crippen LogP contribution in [-0.2, 0) is 12.0 Å². The quantitative estimate of drug-likeness (QED) is 0.824. The molecule has 1 aromatic heterocycles. The van der Waals surface area contributed by atoms with Crippen LogP contribution in [0.4, 0.5) is 0 Å². The Morgan fingerprint density at radius 2 is 2.00 bits per heavy atom. The van der Waals surface area contributed by atoms with E-state index in [1.807, 2.05) is 23.6 Å². The van der Waals surface area contributed by atoms with Crippen molar-refractivity contribution in [3.05, 3.63) is 38.3 Å². The first-order valence-corrected chi connectivity index (χ1v) is 9.31. The first kappa shape index (κ1) is 15.3. The molecule has 1 unspecified atom stereocenters. The molecule has 1 aliphatic carbocycles. The average molecular weight is 376 g/mol. The molecule has 1 fully saturated rings. The number of fused-ring (bicyclic) bond motifs is 3. The lowest BCUT2D eigenvalue weighted by Crippen LogP contribution is -2.31. The molecule has 0 amide bonds. The SMILES string of the molecule is CC(N)c1cc(Br)cc2c(=O)n3c(nc12)C1(CCCCC1)CC3. The van der Waals surface area contributed by atoms with Crippen LogP contribution in [0.1, 0.15) is 62.9 Å². The van der Waals surface area contributed by atoms with Crippen LogP contribution in [0.25, 0.3) is 10.9 Å². The van der Waals surface area contributed by atoms with Gasteiger partial charge in [0.2, 0.25) is 0 Å². The van der Waals surface area contributed by atoms with Crippen molar-refractivity contribution in [1.82, 2.24) is 9.55 Å². The first-order valence-electron chi connectivity index (χ1n) is 8.52. The smallest absolute Gasteiger partial charge is 0.261 e. The van der Waals surface area contributed by atoms with E-state index in [2.05, 4.69) is 15.9 Å². The molecule has 23 heavy (non-hydrogen) atoms. The Hall–Kier alpha value is -1.20. The molecule has 5 heteroatoms. The number of nitrogens with zero attached hydrogens (tertiary/aromatic N) is 2. The summed E-state index contributed by atoms with van der Waals surface area (Å²) in [5, 5.41) is 0.684. The van der Waals surface area contributed by atoms with Crippen molar-refractivity contribution in [1.29, 1.82) is 0 Å². The first-order chi connectivity index (χ1) is 11.0. The number of hydrogen-bond donors (Lipinski definition) is 1. The second kappa shape index (κ2) is 5.42. The molecule has 1 aromatic carbocycles. The van der Waals surface area contributed by atoms with Gasteiger partial charge in [0.25, 0.3) is 5.56 Å². The minimum atomic E-state index is -0.145. The molecule has 122 valence electrons. The predicted octanol–water partition coefficient (Wildman–Crippen LogP) is 3.78. The molecule has 4 rings (SSSR count). The van der Waals surface area contributed by atoms with Crippen LogP contribution < -0.4 is 11.3 Å². The van der Waals surface area contributed by atoms with Crippen LogP contribution >= 0.6 is 15.9 Å². The van der Waals surface area contributed by atoms with Crippen molar-refractivity contribution in [2.24, 2.45) is 5.73 Å². The van der Waals surface area contributed by atoms with Gasteiger partial charge in [-0.3, -0.25) is 9.36 Å². The van der Waals surface area contributed by atoms with Crippen LogP contribution in [0.3, 0.4) is 0 Å². The molecule has 0 bridgehead atoms. The van der Waals surface area contributed by atoms with Gasteiger partial charge in [-0.2, -0.15) is 0 Å². The highest BCUT2D eigenvalue weighted by molar-refractivity contribution is 9.10. The minimum Gasteiger partial charge on any atom is -0.324 e. The summed E-state index contributed by atoms with van der Waals surface area (Å²) in [5.41, 5.74) is 8.11. The molecular formula is C18H22BrN3O. The number of rotatable bonds is 1. The molecule has 0 radical (unpaired) electrons. The highest BCUT2D eigenvalue weighted by Gasteiger charge is 2.42. The maximum atomic E-state index is 13.0. The summed E-state index contributed by atoms with van der Waals surface area (Å²) >= 11 is 3.50. The molecule has 4 nitrogen and oxygen atoms in total. The molecule has 1 aliphatic heterocycles. The van der Waals surface area contributed by atoms with Crippen molar-refractivity contribution < 1.29 is 0 Å². The fraction of sp³-hybridized carbons (Fsp3) is 0.556. The molecule has 2 aromatic rings. The summed E-state index contributed by atoms with van der Waals surface area (Å²) in [6.45, 7) is 2.75. The number of benzene rings is 1. The summed E-state index contributed by atoms with van der Waals surface area (Å²) in [6, 6.07) is 3.74. The highest BCUT2D eigenvalue weighted by atomic mass is 79.9. The lowest BCUT2D eigenvalue weighted by atomic mass is 9.72. The van der Waals surface area contributed by atoms with E-state index in [1.165, 1.54) is 19.3 Å². The van der Waals surface area contributed by atoms with Gasteiger partial charge in [0.05, 0.1) is 10.9 Å². The van der Waals surface area contributed by atoms with Gasteiger partial charge in [0.1, 0.15) is 5.82 Å². The monoisotopic (exact) mass is 375 g/mol. The lowest BCUT2D eigenvalue weighted by molar-refractivity contribution is 0.286. The molecule has 2 N–H and O–H groups in total. The van der Waals surface area contributed by atoms with E-state index in [4.69, 9.17) is 10.7 Å². The largest absolute Gasteiger partial charge is 0.324 e. The number of aromatic nitrogens is 2. The Morgan fingerprint density at radius 3 is 2.70 bits per heavy atom. The molecule has 1 spiro atoms. The fourth-order valence-corrected chi connectivity index (χ4v) is 4.89. The number of halogens is 1. The maximum absolute atomic E-state index is 13.0. The zero-order valence-corrected chi connectivity index (χ0v) is 15.0. The van der Waals surface area contributed by atoms with E-state index >= 15 is 0 Å². The van der Waals surface area contributed by atoms with Crippen LogP contribution in [-0.4, -0.2) is 9.55 Å². The maximum Gasteiger partial charge on any atom is 0.261 e. The zero-order valence-electron chi connectivity index (χ0n) is 13.4. The third kappa shape index (κ3) is 2.28. The van der Waals surface area contributed by atoms with Gasteiger partial charge < -0.3 is 5.73 Å². The predicted molar refractivity (Wildman–Crippen MR) is 95.7 cm³/mol. The average Bonchev–Trinajstić information content (AvgIpc) is 2.87. The number of hydrogen-bond acceptors (Lipinski definition) is 3. The number of nitrogens with two attached hydrogens (primary N) is 1. The Kier molecular flexibility index (Phi) is 3.61. The summed E-state index contributed by atoms with van der Waals surface area (Å²) in [7, 11) is 0. The van der Waals surface area contributed by atoms with Crippen LogP contribution in [0.15, 0.2) is 21.4 Å². The Labute approximate surface area is 144 Å². The Bertz CT molecular complexity index is 834. The van der Waals surface area contributed by atoms with Crippen LogP contribution in [0.2, 0.25) is 0 Å². The zero-order chi connectivity index (χ0) is 16.2.